The molecule has 0 radical (unpaired) electrons. The van der Waals surface area contributed by atoms with Gasteiger partial charge in [0.2, 0.25) is 5.91 Å². The van der Waals surface area contributed by atoms with E-state index in [2.05, 4.69) is 15.4 Å². The summed E-state index contributed by atoms with van der Waals surface area (Å²) in [6.45, 7) is 2.57. The standard InChI is InChI=1S/C20H21N5O2S/c1-14(15-6-8-16(9-7-15)25-13-21-12-22-25)23-19(26)17-4-2-10-24(17)20(27)18-5-3-11-28-18/h3,5-9,11-14,17H,2,4,10H2,1H3,(H,23,26). The van der Waals surface area contributed by atoms with Crippen molar-refractivity contribution < 1.29 is 9.59 Å². The van der Waals surface area contributed by atoms with Crippen LogP contribution in [0.3, 0.4) is 0 Å². The predicted octanol–water partition coefficient (Wildman–Crippen LogP) is 2.81. The van der Waals surface area contributed by atoms with Crippen molar-refractivity contribution in [2.75, 3.05) is 6.54 Å². The van der Waals surface area contributed by atoms with Gasteiger partial charge in [0, 0.05) is 6.54 Å². The Morgan fingerprint density at radius 2 is 2.07 bits per heavy atom. The summed E-state index contributed by atoms with van der Waals surface area (Å²) in [5.41, 5.74) is 1.90. The average molecular weight is 395 g/mol. The fraction of sp³-hybridized carbons (Fsp3) is 0.300. The molecule has 1 saturated heterocycles. The fourth-order valence-electron chi connectivity index (χ4n) is 3.47. The van der Waals surface area contributed by atoms with Gasteiger partial charge in [0.05, 0.1) is 16.6 Å². The third-order valence-corrected chi connectivity index (χ3v) is 5.84. The Hall–Kier alpha value is -3.00. The van der Waals surface area contributed by atoms with Gasteiger partial charge in [-0.3, -0.25) is 9.59 Å². The van der Waals surface area contributed by atoms with Gasteiger partial charge < -0.3 is 10.2 Å². The zero-order valence-electron chi connectivity index (χ0n) is 15.5. The van der Waals surface area contributed by atoms with Crippen molar-refractivity contribution in [1.29, 1.82) is 0 Å². The van der Waals surface area contributed by atoms with Crippen LogP contribution in [-0.2, 0) is 4.79 Å². The van der Waals surface area contributed by atoms with E-state index in [1.165, 1.54) is 17.7 Å². The fourth-order valence-corrected chi connectivity index (χ4v) is 4.15. The van der Waals surface area contributed by atoms with Crippen molar-refractivity contribution in [3.63, 3.8) is 0 Å². The minimum Gasteiger partial charge on any atom is -0.348 e. The highest BCUT2D eigenvalue weighted by Gasteiger charge is 2.35. The van der Waals surface area contributed by atoms with Gasteiger partial charge >= 0.3 is 0 Å². The summed E-state index contributed by atoms with van der Waals surface area (Å²) >= 11 is 1.41. The summed E-state index contributed by atoms with van der Waals surface area (Å²) in [5.74, 6) is -0.159. The van der Waals surface area contributed by atoms with Crippen LogP contribution in [0, 0.1) is 0 Å². The average Bonchev–Trinajstić information content (AvgIpc) is 3.50. The minimum absolute atomic E-state index is 0.0579. The molecule has 1 N–H and O–H groups in total. The molecule has 3 aromatic rings. The van der Waals surface area contributed by atoms with Gasteiger partial charge in [-0.2, -0.15) is 5.10 Å². The number of aromatic nitrogens is 3. The topological polar surface area (TPSA) is 80.1 Å². The first-order valence-electron chi connectivity index (χ1n) is 9.23. The van der Waals surface area contributed by atoms with E-state index in [4.69, 9.17) is 0 Å². The summed E-state index contributed by atoms with van der Waals surface area (Å²) < 4.78 is 1.68. The van der Waals surface area contributed by atoms with Crippen molar-refractivity contribution in [3.05, 3.63) is 64.9 Å². The number of benzene rings is 1. The lowest BCUT2D eigenvalue weighted by atomic mass is 10.1. The Kier molecular flexibility index (Phi) is 5.21. The van der Waals surface area contributed by atoms with E-state index in [9.17, 15) is 9.59 Å². The van der Waals surface area contributed by atoms with E-state index in [0.717, 1.165) is 17.7 Å². The Balaban J connectivity index is 1.41. The maximum Gasteiger partial charge on any atom is 0.264 e. The number of carbonyl (C=O) groups excluding carboxylic acids is 2. The molecule has 2 amide bonds. The van der Waals surface area contributed by atoms with Gasteiger partial charge in [0.25, 0.3) is 5.91 Å². The normalized spacial score (nSPS) is 17.5. The molecule has 1 aliphatic rings. The van der Waals surface area contributed by atoms with Crippen LogP contribution in [0.25, 0.3) is 5.69 Å². The molecular formula is C20H21N5O2S. The van der Waals surface area contributed by atoms with Crippen molar-refractivity contribution in [2.24, 2.45) is 0 Å². The van der Waals surface area contributed by atoms with Crippen LogP contribution in [0.4, 0.5) is 0 Å². The number of nitrogens with one attached hydrogen (secondary N) is 1. The minimum atomic E-state index is -0.411. The first-order valence-corrected chi connectivity index (χ1v) is 10.1. The molecule has 7 nitrogen and oxygen atoms in total. The lowest BCUT2D eigenvalue weighted by Gasteiger charge is -2.25. The Morgan fingerprint density at radius 3 is 2.75 bits per heavy atom. The quantitative estimate of drug-likeness (QED) is 0.720. The first kappa shape index (κ1) is 18.4. The van der Waals surface area contributed by atoms with Crippen LogP contribution in [0.15, 0.2) is 54.4 Å². The van der Waals surface area contributed by atoms with E-state index in [1.807, 2.05) is 42.6 Å². The second-order valence-corrected chi connectivity index (χ2v) is 7.74. The van der Waals surface area contributed by atoms with E-state index in [-0.39, 0.29) is 17.9 Å². The van der Waals surface area contributed by atoms with Crippen LogP contribution >= 0.6 is 11.3 Å². The molecule has 1 aromatic carbocycles. The number of likely N-dealkylation sites (tertiary alicyclic amines) is 1. The van der Waals surface area contributed by atoms with Crippen molar-refractivity contribution >= 4 is 23.2 Å². The number of rotatable bonds is 5. The van der Waals surface area contributed by atoms with Gasteiger partial charge in [-0.15, -0.1) is 11.3 Å². The summed E-state index contributed by atoms with van der Waals surface area (Å²) in [6.07, 6.45) is 4.66. The lowest BCUT2D eigenvalue weighted by Crippen LogP contribution is -2.46. The highest BCUT2D eigenvalue weighted by molar-refractivity contribution is 7.12. The number of nitrogens with zero attached hydrogens (tertiary/aromatic N) is 4. The summed E-state index contributed by atoms with van der Waals surface area (Å²) in [6, 6.07) is 10.9. The predicted molar refractivity (Wildman–Crippen MR) is 106 cm³/mol. The highest BCUT2D eigenvalue weighted by Crippen LogP contribution is 2.23. The molecule has 2 unspecified atom stereocenters. The largest absolute Gasteiger partial charge is 0.348 e. The molecule has 2 aromatic heterocycles. The third kappa shape index (κ3) is 3.68. The van der Waals surface area contributed by atoms with Crippen LogP contribution in [0.1, 0.15) is 41.0 Å². The molecule has 0 saturated carbocycles. The first-order chi connectivity index (χ1) is 13.6. The highest BCUT2D eigenvalue weighted by atomic mass is 32.1. The summed E-state index contributed by atoms with van der Waals surface area (Å²) in [7, 11) is 0. The molecule has 8 heteroatoms. The molecule has 4 rings (SSSR count). The number of carbonyl (C=O) groups is 2. The lowest BCUT2D eigenvalue weighted by molar-refractivity contribution is -0.125. The zero-order valence-corrected chi connectivity index (χ0v) is 16.3. The molecular weight excluding hydrogens is 374 g/mol. The van der Waals surface area contributed by atoms with Gasteiger partial charge in [0.15, 0.2) is 0 Å². The second-order valence-electron chi connectivity index (χ2n) is 6.80. The zero-order chi connectivity index (χ0) is 19.5. The van der Waals surface area contributed by atoms with E-state index < -0.39 is 6.04 Å². The SMILES string of the molecule is CC(NC(=O)C1CCCN1C(=O)c1cccs1)c1ccc(-n2cncn2)cc1. The van der Waals surface area contributed by atoms with Gasteiger partial charge in [0.1, 0.15) is 18.7 Å². The van der Waals surface area contributed by atoms with Crippen molar-refractivity contribution in [3.8, 4) is 5.69 Å². The Morgan fingerprint density at radius 1 is 1.25 bits per heavy atom. The number of hydrogen-bond acceptors (Lipinski definition) is 5. The Labute approximate surface area is 167 Å². The van der Waals surface area contributed by atoms with E-state index >= 15 is 0 Å². The number of hydrogen-bond donors (Lipinski definition) is 1. The smallest absolute Gasteiger partial charge is 0.264 e. The number of thiophene rings is 1. The summed E-state index contributed by atoms with van der Waals surface area (Å²) in [5, 5.41) is 9.04. The maximum atomic E-state index is 12.8. The van der Waals surface area contributed by atoms with Gasteiger partial charge in [-0.05, 0) is 48.9 Å². The van der Waals surface area contributed by atoms with Gasteiger partial charge in [-0.25, -0.2) is 9.67 Å². The molecule has 0 bridgehead atoms. The molecule has 1 fully saturated rings. The van der Waals surface area contributed by atoms with Crippen LogP contribution in [0.5, 0.6) is 0 Å². The molecule has 0 aliphatic carbocycles. The van der Waals surface area contributed by atoms with E-state index in [0.29, 0.717) is 17.8 Å². The monoisotopic (exact) mass is 395 g/mol. The second kappa shape index (κ2) is 7.93. The number of amides is 2. The van der Waals surface area contributed by atoms with E-state index in [1.54, 1.807) is 22.0 Å². The van der Waals surface area contributed by atoms with Crippen LogP contribution in [-0.4, -0.2) is 44.1 Å². The molecule has 144 valence electrons. The molecule has 3 heterocycles. The van der Waals surface area contributed by atoms with Crippen molar-refractivity contribution in [1.82, 2.24) is 25.0 Å². The molecule has 28 heavy (non-hydrogen) atoms. The third-order valence-electron chi connectivity index (χ3n) is 4.98. The Bertz CT molecular complexity index is 938. The van der Waals surface area contributed by atoms with Crippen molar-refractivity contribution in [2.45, 2.75) is 31.8 Å². The molecule has 1 aliphatic heterocycles. The molecule has 0 spiro atoms. The van der Waals surface area contributed by atoms with Crippen LogP contribution < -0.4 is 5.32 Å². The molecule has 2 atom stereocenters. The van der Waals surface area contributed by atoms with Gasteiger partial charge in [-0.1, -0.05) is 18.2 Å². The maximum absolute atomic E-state index is 12.8. The summed E-state index contributed by atoms with van der Waals surface area (Å²) in [4.78, 5) is 31.8. The van der Waals surface area contributed by atoms with Crippen LogP contribution in [0.2, 0.25) is 0 Å².